The smallest absolute Gasteiger partial charge is 0.305 e. The fourth-order valence-corrected chi connectivity index (χ4v) is 3.18. The molecule has 0 aromatic carbocycles. The van der Waals surface area contributed by atoms with Gasteiger partial charge in [0.1, 0.15) is 0 Å². The summed E-state index contributed by atoms with van der Waals surface area (Å²) in [5.41, 5.74) is 0. The van der Waals surface area contributed by atoms with Crippen molar-refractivity contribution in [1.82, 2.24) is 5.32 Å². The van der Waals surface area contributed by atoms with E-state index in [1.54, 1.807) is 0 Å². The van der Waals surface area contributed by atoms with Crippen LogP contribution < -0.4 is 5.32 Å². The van der Waals surface area contributed by atoms with Crippen LogP contribution in [0.15, 0.2) is 0 Å². The highest BCUT2D eigenvalue weighted by molar-refractivity contribution is 5.69. The third-order valence-electron chi connectivity index (χ3n) is 4.31. The number of hydrogen-bond donors (Lipinski definition) is 1. The first-order valence-corrected chi connectivity index (χ1v) is 8.58. The topological polar surface area (TPSA) is 38.3 Å². The molecule has 1 fully saturated rings. The summed E-state index contributed by atoms with van der Waals surface area (Å²) >= 11 is 0. The Morgan fingerprint density at radius 3 is 2.80 bits per heavy atom. The molecule has 1 N–H and O–H groups in total. The van der Waals surface area contributed by atoms with Gasteiger partial charge in [-0.1, -0.05) is 32.6 Å². The maximum atomic E-state index is 11.1. The van der Waals surface area contributed by atoms with Gasteiger partial charge < -0.3 is 10.1 Å². The van der Waals surface area contributed by atoms with E-state index in [0.717, 1.165) is 37.8 Å². The van der Waals surface area contributed by atoms with Gasteiger partial charge in [0.2, 0.25) is 0 Å². The van der Waals surface area contributed by atoms with E-state index in [1.807, 2.05) is 6.92 Å². The third kappa shape index (κ3) is 8.57. The van der Waals surface area contributed by atoms with Crippen LogP contribution >= 0.6 is 0 Å². The van der Waals surface area contributed by atoms with Crippen LogP contribution in [0.3, 0.4) is 0 Å². The van der Waals surface area contributed by atoms with Crippen LogP contribution in [0.1, 0.15) is 71.6 Å². The average molecular weight is 283 g/mol. The highest BCUT2D eigenvalue weighted by Crippen LogP contribution is 2.30. The standard InChI is InChI=1S/C17H33NO2/c1-3-20-17(19)10-5-4-6-12-18-13-11-16-9-7-8-15(2)14-16/h15-16,18H,3-14H2,1-2H3. The molecule has 2 unspecified atom stereocenters. The number of carbonyl (C=O) groups is 1. The first-order chi connectivity index (χ1) is 9.72. The monoisotopic (exact) mass is 283 g/mol. The first-order valence-electron chi connectivity index (χ1n) is 8.58. The Labute approximate surface area is 124 Å². The van der Waals surface area contributed by atoms with E-state index in [1.165, 1.54) is 38.5 Å². The second kappa shape index (κ2) is 11.1. The molecule has 1 rings (SSSR count). The minimum Gasteiger partial charge on any atom is -0.466 e. The normalized spacial score (nSPS) is 22.7. The predicted molar refractivity (Wildman–Crippen MR) is 83.7 cm³/mol. The summed E-state index contributed by atoms with van der Waals surface area (Å²) in [4.78, 5) is 11.1. The molecule has 118 valence electrons. The molecule has 0 bridgehead atoms. The van der Waals surface area contributed by atoms with Crippen LogP contribution in [-0.4, -0.2) is 25.7 Å². The lowest BCUT2D eigenvalue weighted by Gasteiger charge is -2.26. The van der Waals surface area contributed by atoms with Gasteiger partial charge in [0.25, 0.3) is 0 Å². The molecule has 1 aliphatic rings. The second-order valence-corrected chi connectivity index (χ2v) is 6.29. The Bertz CT molecular complexity index is 255. The molecule has 1 saturated carbocycles. The molecular formula is C17H33NO2. The molecule has 0 heterocycles. The van der Waals surface area contributed by atoms with Gasteiger partial charge in [-0.2, -0.15) is 0 Å². The number of rotatable bonds is 10. The summed E-state index contributed by atoms with van der Waals surface area (Å²) in [6, 6.07) is 0. The van der Waals surface area contributed by atoms with Crippen LogP contribution in [0.25, 0.3) is 0 Å². The van der Waals surface area contributed by atoms with Crippen molar-refractivity contribution in [1.29, 1.82) is 0 Å². The molecule has 0 aromatic rings. The maximum absolute atomic E-state index is 11.1. The van der Waals surface area contributed by atoms with Crippen molar-refractivity contribution in [2.75, 3.05) is 19.7 Å². The van der Waals surface area contributed by atoms with E-state index in [2.05, 4.69) is 12.2 Å². The number of esters is 1. The molecule has 0 amide bonds. The van der Waals surface area contributed by atoms with Crippen molar-refractivity contribution in [3.63, 3.8) is 0 Å². The molecule has 0 aromatic heterocycles. The van der Waals surface area contributed by atoms with Crippen molar-refractivity contribution < 1.29 is 9.53 Å². The van der Waals surface area contributed by atoms with Crippen LogP contribution in [0.2, 0.25) is 0 Å². The molecule has 20 heavy (non-hydrogen) atoms. The fraction of sp³-hybridized carbons (Fsp3) is 0.941. The van der Waals surface area contributed by atoms with Crippen LogP contribution in [0.5, 0.6) is 0 Å². The van der Waals surface area contributed by atoms with Gasteiger partial charge in [-0.25, -0.2) is 0 Å². The SMILES string of the molecule is CCOC(=O)CCCCCNCCC1CCCC(C)C1. The highest BCUT2D eigenvalue weighted by atomic mass is 16.5. The summed E-state index contributed by atoms with van der Waals surface area (Å²) in [6.07, 6.45) is 10.9. The molecule has 0 aliphatic heterocycles. The van der Waals surface area contributed by atoms with Crippen molar-refractivity contribution in [2.24, 2.45) is 11.8 Å². The number of nitrogens with one attached hydrogen (secondary N) is 1. The molecule has 2 atom stereocenters. The molecule has 0 radical (unpaired) electrons. The zero-order valence-electron chi connectivity index (χ0n) is 13.5. The maximum Gasteiger partial charge on any atom is 0.305 e. The van der Waals surface area contributed by atoms with Crippen molar-refractivity contribution in [3.05, 3.63) is 0 Å². The Kier molecular flexibility index (Phi) is 9.73. The summed E-state index contributed by atoms with van der Waals surface area (Å²) in [6.45, 7) is 7.00. The lowest BCUT2D eigenvalue weighted by atomic mass is 9.81. The second-order valence-electron chi connectivity index (χ2n) is 6.29. The lowest BCUT2D eigenvalue weighted by molar-refractivity contribution is -0.143. The molecule has 0 spiro atoms. The quantitative estimate of drug-likeness (QED) is 0.488. The summed E-state index contributed by atoms with van der Waals surface area (Å²) < 4.78 is 4.91. The number of carbonyl (C=O) groups excluding carboxylic acids is 1. The molecule has 0 saturated heterocycles. The number of unbranched alkanes of at least 4 members (excludes halogenated alkanes) is 2. The van der Waals surface area contributed by atoms with Gasteiger partial charge in [0, 0.05) is 6.42 Å². The van der Waals surface area contributed by atoms with E-state index in [0.29, 0.717) is 13.0 Å². The van der Waals surface area contributed by atoms with E-state index < -0.39 is 0 Å². The largest absolute Gasteiger partial charge is 0.466 e. The van der Waals surface area contributed by atoms with Gasteiger partial charge in [-0.3, -0.25) is 4.79 Å². The van der Waals surface area contributed by atoms with Gasteiger partial charge in [-0.05, 0) is 57.5 Å². The lowest BCUT2D eigenvalue weighted by Crippen LogP contribution is -2.22. The van der Waals surface area contributed by atoms with Gasteiger partial charge in [-0.15, -0.1) is 0 Å². The Morgan fingerprint density at radius 1 is 1.20 bits per heavy atom. The van der Waals surface area contributed by atoms with Crippen molar-refractivity contribution in [3.8, 4) is 0 Å². The predicted octanol–water partition coefficient (Wildman–Crippen LogP) is 3.92. The van der Waals surface area contributed by atoms with Crippen molar-refractivity contribution >= 4 is 5.97 Å². The van der Waals surface area contributed by atoms with E-state index in [9.17, 15) is 4.79 Å². The summed E-state index contributed by atoms with van der Waals surface area (Å²) in [5, 5.41) is 3.54. The average Bonchev–Trinajstić information content (AvgIpc) is 2.42. The minimum atomic E-state index is -0.0492. The fourth-order valence-electron chi connectivity index (χ4n) is 3.18. The highest BCUT2D eigenvalue weighted by Gasteiger charge is 2.17. The molecule has 3 heteroatoms. The number of hydrogen-bond acceptors (Lipinski definition) is 3. The zero-order chi connectivity index (χ0) is 14.6. The Balaban J connectivity index is 1.84. The summed E-state index contributed by atoms with van der Waals surface area (Å²) in [5.74, 6) is 1.85. The van der Waals surface area contributed by atoms with Crippen LogP contribution in [0, 0.1) is 11.8 Å². The van der Waals surface area contributed by atoms with Crippen LogP contribution in [-0.2, 0) is 9.53 Å². The molecule has 1 aliphatic carbocycles. The molecular weight excluding hydrogens is 250 g/mol. The third-order valence-corrected chi connectivity index (χ3v) is 4.31. The van der Waals surface area contributed by atoms with Crippen molar-refractivity contribution in [2.45, 2.75) is 71.6 Å². The minimum absolute atomic E-state index is 0.0492. The zero-order valence-corrected chi connectivity index (χ0v) is 13.5. The van der Waals surface area contributed by atoms with E-state index in [-0.39, 0.29) is 5.97 Å². The van der Waals surface area contributed by atoms with Gasteiger partial charge in [0.05, 0.1) is 6.61 Å². The van der Waals surface area contributed by atoms with Crippen LogP contribution in [0.4, 0.5) is 0 Å². The van der Waals surface area contributed by atoms with E-state index in [4.69, 9.17) is 4.74 Å². The summed E-state index contributed by atoms with van der Waals surface area (Å²) in [7, 11) is 0. The number of ether oxygens (including phenoxy) is 1. The molecule has 3 nitrogen and oxygen atoms in total. The van der Waals surface area contributed by atoms with E-state index >= 15 is 0 Å². The Morgan fingerprint density at radius 2 is 2.05 bits per heavy atom. The Hall–Kier alpha value is -0.570. The van der Waals surface area contributed by atoms with Gasteiger partial charge >= 0.3 is 5.97 Å². The first kappa shape index (κ1) is 17.5. The van der Waals surface area contributed by atoms with Gasteiger partial charge in [0.15, 0.2) is 0 Å².